The highest BCUT2D eigenvalue weighted by Crippen LogP contribution is 2.27. The second-order valence-corrected chi connectivity index (χ2v) is 5.10. The largest absolute Gasteiger partial charge is 0.342 e. The van der Waals surface area contributed by atoms with Crippen LogP contribution in [0.15, 0.2) is 42.5 Å². The number of aromatic nitrogens is 2. The van der Waals surface area contributed by atoms with Gasteiger partial charge in [-0.3, -0.25) is 10.1 Å². The second-order valence-electron chi connectivity index (χ2n) is 4.70. The van der Waals surface area contributed by atoms with Crippen molar-refractivity contribution in [3.8, 4) is 0 Å². The summed E-state index contributed by atoms with van der Waals surface area (Å²) in [7, 11) is 0. The molecule has 1 N–H and O–H groups in total. The number of fused-ring (bicyclic) bond motifs is 1. The zero-order valence-corrected chi connectivity index (χ0v) is 11.8. The number of nitrogens with zero attached hydrogens (tertiary/aromatic N) is 2. The Morgan fingerprint density at radius 1 is 1.14 bits per heavy atom. The third-order valence-corrected chi connectivity index (χ3v) is 3.70. The Balaban J connectivity index is 1.86. The van der Waals surface area contributed by atoms with Gasteiger partial charge in [0, 0.05) is 18.1 Å². The molecule has 0 spiro atoms. The molecule has 6 heteroatoms. The Hall–Kier alpha value is -2.40. The Bertz CT molecular complexity index is 781. The molecule has 1 aromatic heterocycles. The highest BCUT2D eigenvalue weighted by atomic mass is 35.5. The molecule has 0 aliphatic heterocycles. The first-order valence-corrected chi connectivity index (χ1v) is 6.88. The summed E-state index contributed by atoms with van der Waals surface area (Å²) in [5, 5.41) is 11.5. The van der Waals surface area contributed by atoms with Crippen molar-refractivity contribution in [2.45, 2.75) is 12.8 Å². The predicted octanol–water partition coefficient (Wildman–Crippen LogP) is 3.91. The Morgan fingerprint density at radius 2 is 1.95 bits per heavy atom. The van der Waals surface area contributed by atoms with Gasteiger partial charge in [0.15, 0.2) is 0 Å². The third kappa shape index (κ3) is 2.73. The molecule has 21 heavy (non-hydrogen) atoms. The molecule has 0 atom stereocenters. The van der Waals surface area contributed by atoms with Crippen molar-refractivity contribution in [1.29, 1.82) is 0 Å². The molecule has 3 rings (SSSR count). The molecular formula is C15H12ClN3O2. The first-order chi connectivity index (χ1) is 10.1. The molecular weight excluding hydrogens is 290 g/mol. The maximum Gasteiger partial charge on any atom is 0.274 e. The number of imidazole rings is 1. The van der Waals surface area contributed by atoms with E-state index in [1.54, 1.807) is 12.1 Å². The van der Waals surface area contributed by atoms with Crippen molar-refractivity contribution in [3.05, 3.63) is 69.0 Å². The SMILES string of the molecule is O=[N+]([O-])c1cccc(Cl)c1CCc1nc2ccccc2[nH]1. The normalized spacial score (nSPS) is 10.9. The van der Waals surface area contributed by atoms with Crippen LogP contribution in [0.2, 0.25) is 5.02 Å². The van der Waals surface area contributed by atoms with E-state index in [9.17, 15) is 10.1 Å². The lowest BCUT2D eigenvalue weighted by molar-refractivity contribution is -0.385. The number of rotatable bonds is 4. The smallest absolute Gasteiger partial charge is 0.274 e. The van der Waals surface area contributed by atoms with E-state index in [-0.39, 0.29) is 5.69 Å². The fourth-order valence-electron chi connectivity index (χ4n) is 2.33. The number of hydrogen-bond donors (Lipinski definition) is 1. The fraction of sp³-hybridized carbons (Fsp3) is 0.133. The average Bonchev–Trinajstić information content (AvgIpc) is 2.88. The maximum absolute atomic E-state index is 11.0. The van der Waals surface area contributed by atoms with Gasteiger partial charge in [-0.2, -0.15) is 0 Å². The van der Waals surface area contributed by atoms with Gasteiger partial charge in [0.25, 0.3) is 5.69 Å². The van der Waals surface area contributed by atoms with Crippen LogP contribution in [0.25, 0.3) is 11.0 Å². The molecule has 0 fully saturated rings. The summed E-state index contributed by atoms with van der Waals surface area (Å²) < 4.78 is 0. The van der Waals surface area contributed by atoms with Gasteiger partial charge in [0.1, 0.15) is 5.82 Å². The minimum absolute atomic E-state index is 0.0543. The maximum atomic E-state index is 11.0. The molecule has 0 amide bonds. The van der Waals surface area contributed by atoms with Gasteiger partial charge in [-0.25, -0.2) is 4.98 Å². The van der Waals surface area contributed by atoms with E-state index in [2.05, 4.69) is 9.97 Å². The fourth-order valence-corrected chi connectivity index (χ4v) is 2.60. The molecule has 106 valence electrons. The molecule has 0 saturated heterocycles. The van der Waals surface area contributed by atoms with Crippen LogP contribution in [0, 0.1) is 10.1 Å². The number of halogens is 1. The summed E-state index contributed by atoms with van der Waals surface area (Å²) in [6, 6.07) is 12.5. The molecule has 1 heterocycles. The van der Waals surface area contributed by atoms with E-state index >= 15 is 0 Å². The predicted molar refractivity (Wildman–Crippen MR) is 81.6 cm³/mol. The van der Waals surface area contributed by atoms with Gasteiger partial charge in [-0.1, -0.05) is 29.8 Å². The lowest BCUT2D eigenvalue weighted by Gasteiger charge is -2.04. The van der Waals surface area contributed by atoms with Crippen molar-refractivity contribution in [2.75, 3.05) is 0 Å². The lowest BCUT2D eigenvalue weighted by Crippen LogP contribution is -1.99. The van der Waals surface area contributed by atoms with Gasteiger partial charge < -0.3 is 4.98 Å². The van der Waals surface area contributed by atoms with E-state index in [0.29, 0.717) is 23.4 Å². The third-order valence-electron chi connectivity index (χ3n) is 3.34. The summed E-state index contributed by atoms with van der Waals surface area (Å²) in [5.41, 5.74) is 2.45. The van der Waals surface area contributed by atoms with Crippen molar-refractivity contribution in [1.82, 2.24) is 9.97 Å². The quantitative estimate of drug-likeness (QED) is 0.586. The molecule has 0 aliphatic carbocycles. The van der Waals surface area contributed by atoms with Crippen LogP contribution >= 0.6 is 11.6 Å². The minimum Gasteiger partial charge on any atom is -0.342 e. The molecule has 0 bridgehead atoms. The summed E-state index contributed by atoms with van der Waals surface area (Å²) >= 11 is 6.08. The first kappa shape index (κ1) is 13.6. The molecule has 0 unspecified atom stereocenters. The van der Waals surface area contributed by atoms with Gasteiger partial charge >= 0.3 is 0 Å². The van der Waals surface area contributed by atoms with Crippen LogP contribution in [-0.4, -0.2) is 14.9 Å². The van der Waals surface area contributed by atoms with Gasteiger partial charge in [-0.05, 0) is 24.6 Å². The number of aromatic amines is 1. The highest BCUT2D eigenvalue weighted by molar-refractivity contribution is 6.31. The van der Waals surface area contributed by atoms with Crippen LogP contribution in [0.1, 0.15) is 11.4 Å². The minimum atomic E-state index is -0.403. The zero-order valence-electron chi connectivity index (χ0n) is 11.0. The number of nitro groups is 1. The van der Waals surface area contributed by atoms with E-state index in [1.807, 2.05) is 24.3 Å². The topological polar surface area (TPSA) is 71.8 Å². The van der Waals surface area contributed by atoms with Crippen LogP contribution in [0.5, 0.6) is 0 Å². The van der Waals surface area contributed by atoms with Gasteiger partial charge in [-0.15, -0.1) is 0 Å². The van der Waals surface area contributed by atoms with Crippen molar-refractivity contribution in [2.24, 2.45) is 0 Å². The van der Waals surface area contributed by atoms with E-state index in [4.69, 9.17) is 11.6 Å². The summed E-state index contributed by atoms with van der Waals surface area (Å²) in [4.78, 5) is 18.3. The van der Waals surface area contributed by atoms with Crippen molar-refractivity contribution < 1.29 is 4.92 Å². The standard InChI is InChI=1S/C15H12ClN3O2/c16-11-4-3-7-14(19(20)21)10(11)8-9-15-17-12-5-1-2-6-13(12)18-15/h1-7H,8-9H2,(H,17,18). The van der Waals surface area contributed by atoms with E-state index in [1.165, 1.54) is 6.07 Å². The Morgan fingerprint density at radius 3 is 2.71 bits per heavy atom. The van der Waals surface area contributed by atoms with Gasteiger partial charge in [0.2, 0.25) is 0 Å². The van der Waals surface area contributed by atoms with Crippen LogP contribution in [0.4, 0.5) is 5.69 Å². The number of hydrogen-bond acceptors (Lipinski definition) is 3. The lowest BCUT2D eigenvalue weighted by atomic mass is 10.1. The number of nitrogens with one attached hydrogen (secondary N) is 1. The molecule has 0 radical (unpaired) electrons. The average molecular weight is 302 g/mol. The monoisotopic (exact) mass is 301 g/mol. The number of aryl methyl sites for hydroxylation is 1. The Kier molecular flexibility index (Phi) is 3.58. The first-order valence-electron chi connectivity index (χ1n) is 6.50. The Labute approximate surface area is 125 Å². The highest BCUT2D eigenvalue weighted by Gasteiger charge is 2.16. The summed E-state index contributed by atoms with van der Waals surface area (Å²) in [5.74, 6) is 0.797. The van der Waals surface area contributed by atoms with E-state index < -0.39 is 4.92 Å². The second kappa shape index (κ2) is 5.54. The number of para-hydroxylation sites is 2. The van der Waals surface area contributed by atoms with Crippen LogP contribution in [-0.2, 0) is 12.8 Å². The summed E-state index contributed by atoms with van der Waals surface area (Å²) in [6.45, 7) is 0. The molecule has 0 aliphatic rings. The number of nitro benzene ring substituents is 1. The number of benzene rings is 2. The van der Waals surface area contributed by atoms with Gasteiger partial charge in [0.05, 0.1) is 21.0 Å². The molecule has 5 nitrogen and oxygen atoms in total. The zero-order chi connectivity index (χ0) is 14.8. The number of H-pyrrole nitrogens is 1. The van der Waals surface area contributed by atoms with Crippen molar-refractivity contribution in [3.63, 3.8) is 0 Å². The molecule has 2 aromatic carbocycles. The van der Waals surface area contributed by atoms with Crippen LogP contribution in [0.3, 0.4) is 0 Å². The molecule has 3 aromatic rings. The van der Waals surface area contributed by atoms with Crippen LogP contribution < -0.4 is 0 Å². The summed E-state index contributed by atoms with van der Waals surface area (Å²) in [6.07, 6.45) is 1.04. The van der Waals surface area contributed by atoms with Crippen molar-refractivity contribution >= 4 is 28.3 Å². The van der Waals surface area contributed by atoms with E-state index in [0.717, 1.165) is 16.9 Å². The molecule has 0 saturated carbocycles.